The van der Waals surface area contributed by atoms with Crippen molar-refractivity contribution in [2.75, 3.05) is 20.2 Å². The molecule has 1 aromatic rings. The highest BCUT2D eigenvalue weighted by Gasteiger charge is 2.52. The molecule has 2 aliphatic heterocycles. The van der Waals surface area contributed by atoms with Gasteiger partial charge in [0.2, 0.25) is 0 Å². The number of ether oxygens (including phenoxy) is 2. The number of nitrogens with zero attached hydrogens (tertiary/aromatic N) is 1. The average molecular weight is 389 g/mol. The summed E-state index contributed by atoms with van der Waals surface area (Å²) in [5, 5.41) is 0. The third-order valence-corrected chi connectivity index (χ3v) is 5.77. The molecule has 2 aliphatic rings. The maximum atomic E-state index is 12.2. The molecule has 154 valence electrons. The van der Waals surface area contributed by atoms with Gasteiger partial charge in [0.1, 0.15) is 11.4 Å². The van der Waals surface area contributed by atoms with Gasteiger partial charge in [0.15, 0.2) is 0 Å². The van der Waals surface area contributed by atoms with E-state index in [1.807, 2.05) is 60.6 Å². The first-order valence-electron chi connectivity index (χ1n) is 9.84. The van der Waals surface area contributed by atoms with Crippen molar-refractivity contribution in [3.8, 4) is 5.75 Å². The van der Waals surface area contributed by atoms with E-state index in [1.54, 1.807) is 12.0 Å². The van der Waals surface area contributed by atoms with Crippen molar-refractivity contribution in [1.29, 1.82) is 0 Å². The number of carbonyl (C=O) groups excluding carboxylic acids is 1. The molecule has 6 nitrogen and oxygen atoms in total. The second kappa shape index (κ2) is 6.96. The van der Waals surface area contributed by atoms with Gasteiger partial charge < -0.3 is 23.7 Å². The van der Waals surface area contributed by atoms with E-state index in [-0.39, 0.29) is 12.0 Å². The van der Waals surface area contributed by atoms with E-state index in [0.717, 1.165) is 16.8 Å². The molecular weight excluding hydrogens is 357 g/mol. The van der Waals surface area contributed by atoms with E-state index >= 15 is 0 Å². The minimum absolute atomic E-state index is 0.261. The number of benzene rings is 1. The molecule has 1 amide bonds. The van der Waals surface area contributed by atoms with E-state index in [0.29, 0.717) is 13.1 Å². The Hall–Kier alpha value is -1.73. The maximum absolute atomic E-state index is 12.2. The van der Waals surface area contributed by atoms with Crippen LogP contribution in [0.2, 0.25) is 0 Å². The van der Waals surface area contributed by atoms with Gasteiger partial charge in [-0.1, -0.05) is 12.1 Å². The van der Waals surface area contributed by atoms with Crippen molar-refractivity contribution in [1.82, 2.24) is 4.90 Å². The number of hydrogen-bond donors (Lipinski definition) is 0. The summed E-state index contributed by atoms with van der Waals surface area (Å²) in [6.07, 6.45) is -0.261. The van der Waals surface area contributed by atoms with Crippen LogP contribution in [-0.2, 0) is 14.0 Å². The lowest BCUT2D eigenvalue weighted by Gasteiger charge is -2.40. The monoisotopic (exact) mass is 389 g/mol. The molecule has 0 unspecified atom stereocenters. The van der Waals surface area contributed by atoms with E-state index in [4.69, 9.17) is 18.8 Å². The predicted molar refractivity (Wildman–Crippen MR) is 109 cm³/mol. The molecule has 0 spiro atoms. The van der Waals surface area contributed by atoms with E-state index in [2.05, 4.69) is 6.07 Å². The van der Waals surface area contributed by atoms with Crippen LogP contribution in [0.15, 0.2) is 18.2 Å². The molecule has 2 saturated heterocycles. The molecule has 2 heterocycles. The highest BCUT2D eigenvalue weighted by atomic mass is 16.7. The SMILES string of the molecule is COc1ccc(C2CN(C(=O)OC(C)(C)C)C2)cc1B1OC(C)(C)C(C)(C)O1. The smallest absolute Gasteiger partial charge is 0.497 e. The molecule has 0 bridgehead atoms. The first-order chi connectivity index (χ1) is 12.8. The van der Waals surface area contributed by atoms with Crippen molar-refractivity contribution >= 4 is 18.7 Å². The largest absolute Gasteiger partial charge is 0.498 e. The van der Waals surface area contributed by atoms with Crippen molar-refractivity contribution in [3.05, 3.63) is 23.8 Å². The van der Waals surface area contributed by atoms with Gasteiger partial charge in [0, 0.05) is 24.5 Å². The second-order valence-electron chi connectivity index (χ2n) is 9.67. The fourth-order valence-corrected chi connectivity index (χ4v) is 3.33. The number of hydrogen-bond acceptors (Lipinski definition) is 5. The summed E-state index contributed by atoms with van der Waals surface area (Å²) in [6.45, 7) is 15.1. The van der Waals surface area contributed by atoms with Gasteiger partial charge in [-0.25, -0.2) is 4.79 Å². The van der Waals surface area contributed by atoms with Gasteiger partial charge in [-0.05, 0) is 60.1 Å². The number of amides is 1. The van der Waals surface area contributed by atoms with Crippen molar-refractivity contribution in [2.24, 2.45) is 0 Å². The molecule has 0 atom stereocenters. The molecule has 28 heavy (non-hydrogen) atoms. The minimum atomic E-state index is -0.484. The summed E-state index contributed by atoms with van der Waals surface area (Å²) in [5.74, 6) is 1.00. The minimum Gasteiger partial charge on any atom is -0.497 e. The zero-order valence-electron chi connectivity index (χ0n) is 18.3. The summed E-state index contributed by atoms with van der Waals surface area (Å²) >= 11 is 0. The quantitative estimate of drug-likeness (QED) is 0.743. The topological polar surface area (TPSA) is 57.2 Å². The highest BCUT2D eigenvalue weighted by Crippen LogP contribution is 2.38. The van der Waals surface area contributed by atoms with Gasteiger partial charge >= 0.3 is 13.2 Å². The fraction of sp³-hybridized carbons (Fsp3) is 0.667. The van der Waals surface area contributed by atoms with Gasteiger partial charge in [0.25, 0.3) is 0 Å². The molecule has 0 radical (unpaired) electrons. The van der Waals surface area contributed by atoms with E-state index in [9.17, 15) is 4.79 Å². The normalized spacial score (nSPS) is 21.4. The lowest BCUT2D eigenvalue weighted by molar-refractivity contribution is 0.00578. The first kappa shape index (κ1) is 21.0. The van der Waals surface area contributed by atoms with Crippen LogP contribution in [0.5, 0.6) is 5.75 Å². The molecular formula is C21H32BNO5. The Balaban J connectivity index is 1.74. The molecule has 7 heteroatoms. The molecule has 2 fully saturated rings. The number of rotatable bonds is 3. The second-order valence-corrected chi connectivity index (χ2v) is 9.67. The lowest BCUT2D eigenvalue weighted by atomic mass is 9.76. The number of likely N-dealkylation sites (tertiary alicyclic amines) is 1. The van der Waals surface area contributed by atoms with Crippen LogP contribution in [0.3, 0.4) is 0 Å². The standard InChI is InChI=1S/C21H32BNO5/c1-19(2,3)26-18(24)23-12-15(13-23)14-9-10-17(25-8)16(11-14)22-27-20(4,5)21(6,7)28-22/h9-11,15H,12-13H2,1-8H3. The van der Waals surface area contributed by atoms with Gasteiger partial charge in [-0.15, -0.1) is 0 Å². The average Bonchev–Trinajstić information content (AvgIpc) is 2.72. The summed E-state index contributed by atoms with van der Waals surface area (Å²) < 4.78 is 23.4. The molecule has 0 N–H and O–H groups in total. The summed E-state index contributed by atoms with van der Waals surface area (Å²) in [4.78, 5) is 13.9. The number of carbonyl (C=O) groups is 1. The van der Waals surface area contributed by atoms with Crippen LogP contribution in [0.4, 0.5) is 4.79 Å². The molecule has 3 rings (SSSR count). The third-order valence-electron chi connectivity index (χ3n) is 5.77. The third kappa shape index (κ3) is 4.01. The van der Waals surface area contributed by atoms with Crippen LogP contribution in [0, 0.1) is 0 Å². The zero-order valence-corrected chi connectivity index (χ0v) is 18.3. The lowest BCUT2D eigenvalue weighted by Crippen LogP contribution is -2.50. The van der Waals surface area contributed by atoms with Gasteiger partial charge in [-0.3, -0.25) is 0 Å². The van der Waals surface area contributed by atoms with Crippen molar-refractivity contribution in [2.45, 2.75) is 71.2 Å². The summed E-state index contributed by atoms with van der Waals surface area (Å²) in [7, 11) is 1.17. The zero-order chi connectivity index (χ0) is 20.9. The molecule has 0 aliphatic carbocycles. The molecule has 0 aromatic heterocycles. The fourth-order valence-electron chi connectivity index (χ4n) is 3.33. The van der Waals surface area contributed by atoms with Crippen LogP contribution in [0.25, 0.3) is 0 Å². The molecule has 0 saturated carbocycles. The predicted octanol–water partition coefficient (Wildman–Crippen LogP) is 3.33. The van der Waals surface area contributed by atoms with E-state index in [1.165, 1.54) is 0 Å². The van der Waals surface area contributed by atoms with Gasteiger partial charge in [-0.2, -0.15) is 0 Å². The highest BCUT2D eigenvalue weighted by molar-refractivity contribution is 6.63. The van der Waals surface area contributed by atoms with Crippen LogP contribution < -0.4 is 10.2 Å². The summed E-state index contributed by atoms with van der Waals surface area (Å²) in [6, 6.07) is 6.08. The number of methoxy groups -OCH3 is 1. The van der Waals surface area contributed by atoms with Crippen LogP contribution >= 0.6 is 0 Å². The maximum Gasteiger partial charge on any atom is 0.498 e. The Labute approximate surface area is 168 Å². The molecule has 1 aromatic carbocycles. The Morgan fingerprint density at radius 1 is 1.14 bits per heavy atom. The van der Waals surface area contributed by atoms with Crippen molar-refractivity contribution < 1.29 is 23.6 Å². The Morgan fingerprint density at radius 3 is 2.21 bits per heavy atom. The van der Waals surface area contributed by atoms with Crippen molar-refractivity contribution in [3.63, 3.8) is 0 Å². The Bertz CT molecular complexity index is 734. The van der Waals surface area contributed by atoms with Crippen LogP contribution in [0.1, 0.15) is 59.9 Å². The first-order valence-corrected chi connectivity index (χ1v) is 9.84. The Kier molecular flexibility index (Phi) is 5.22. The summed E-state index contributed by atoms with van der Waals surface area (Å²) in [5.41, 5.74) is 0.719. The van der Waals surface area contributed by atoms with Crippen LogP contribution in [-0.4, -0.2) is 55.1 Å². The Morgan fingerprint density at radius 2 is 1.71 bits per heavy atom. The van der Waals surface area contributed by atoms with Gasteiger partial charge in [0.05, 0.1) is 18.3 Å². The van der Waals surface area contributed by atoms with E-state index < -0.39 is 23.9 Å².